The van der Waals surface area contributed by atoms with Crippen LogP contribution in [0.5, 0.6) is 5.88 Å². The first-order valence-electron chi connectivity index (χ1n) is 6.65. The number of aliphatic imine (C=N–C) groups is 1. The molecule has 0 N–H and O–H groups in total. The number of hydrogen-bond acceptors (Lipinski definition) is 4. The van der Waals surface area contributed by atoms with Crippen molar-refractivity contribution in [2.45, 2.75) is 0 Å². The molecule has 0 bridgehead atoms. The van der Waals surface area contributed by atoms with E-state index in [4.69, 9.17) is 27.9 Å². The smallest absolute Gasteiger partial charge is 0.241 e. The summed E-state index contributed by atoms with van der Waals surface area (Å²) in [6.07, 6.45) is 1.55. The van der Waals surface area contributed by atoms with Gasteiger partial charge in [0.25, 0.3) is 0 Å². The first kappa shape index (κ1) is 15.5. The summed E-state index contributed by atoms with van der Waals surface area (Å²) in [5.74, 6) is 0.220. The molecule has 0 aliphatic carbocycles. The fourth-order valence-electron chi connectivity index (χ4n) is 2.43. The van der Waals surface area contributed by atoms with E-state index in [2.05, 4.69) is 9.98 Å². The molecule has 2 aromatic carbocycles. The van der Waals surface area contributed by atoms with Gasteiger partial charge in [-0.1, -0.05) is 41.4 Å². The molecule has 0 saturated heterocycles. The lowest BCUT2D eigenvalue weighted by atomic mass is 9.99. The molecule has 0 radical (unpaired) electrons. The van der Waals surface area contributed by atoms with Crippen molar-refractivity contribution in [1.82, 2.24) is 4.98 Å². The highest BCUT2D eigenvalue weighted by molar-refractivity contribution is 6.34. The number of carbonyl (C=O) groups excluding carboxylic acids is 1. The number of halogens is 2. The predicted octanol–water partition coefficient (Wildman–Crippen LogP) is 5.18. The second-order valence-corrected chi connectivity index (χ2v) is 5.53. The van der Waals surface area contributed by atoms with Gasteiger partial charge in [0.2, 0.25) is 12.0 Å². The summed E-state index contributed by atoms with van der Waals surface area (Å²) in [7, 11) is 1.46. The van der Waals surface area contributed by atoms with Gasteiger partial charge < -0.3 is 4.74 Å². The summed E-state index contributed by atoms with van der Waals surface area (Å²) in [5, 5.41) is 1.78. The van der Waals surface area contributed by atoms with Crippen LogP contribution in [-0.2, 0) is 4.79 Å². The molecule has 0 spiro atoms. The van der Waals surface area contributed by atoms with Crippen LogP contribution >= 0.6 is 23.2 Å². The zero-order valence-electron chi connectivity index (χ0n) is 12.0. The summed E-state index contributed by atoms with van der Waals surface area (Å²) in [6.45, 7) is 0. The van der Waals surface area contributed by atoms with E-state index < -0.39 is 0 Å². The van der Waals surface area contributed by atoms with E-state index in [9.17, 15) is 4.79 Å². The molecule has 3 rings (SSSR count). The van der Waals surface area contributed by atoms with Crippen molar-refractivity contribution < 1.29 is 9.53 Å². The average Bonchev–Trinajstić information content (AvgIpc) is 2.55. The number of fused-ring (bicyclic) bond motifs is 1. The Morgan fingerprint density at radius 3 is 2.65 bits per heavy atom. The molecule has 0 fully saturated rings. The van der Waals surface area contributed by atoms with Gasteiger partial charge in [-0.15, -0.1) is 0 Å². The minimum Gasteiger partial charge on any atom is -0.479 e. The SMILES string of the molecule is COc1nc2ccc(Cl)cc2c(-c2ccccc2Cl)c1N=C=O. The first-order valence-corrected chi connectivity index (χ1v) is 7.41. The molecule has 1 aromatic heterocycles. The molecular weight excluding hydrogens is 335 g/mol. The van der Waals surface area contributed by atoms with Gasteiger partial charge in [-0.05, 0) is 24.3 Å². The number of nitrogens with zero attached hydrogens (tertiary/aromatic N) is 2. The van der Waals surface area contributed by atoms with Crippen LogP contribution in [0.2, 0.25) is 10.0 Å². The van der Waals surface area contributed by atoms with Gasteiger partial charge in [-0.25, -0.2) is 9.78 Å². The third-order valence-electron chi connectivity index (χ3n) is 3.38. The van der Waals surface area contributed by atoms with E-state index in [1.165, 1.54) is 7.11 Å². The van der Waals surface area contributed by atoms with Gasteiger partial charge in [0, 0.05) is 26.6 Å². The number of pyridine rings is 1. The fourth-order valence-corrected chi connectivity index (χ4v) is 2.83. The van der Waals surface area contributed by atoms with Crippen molar-refractivity contribution in [3.8, 4) is 17.0 Å². The Balaban J connectivity index is 2.53. The number of methoxy groups -OCH3 is 1. The second-order valence-electron chi connectivity index (χ2n) is 4.69. The lowest BCUT2D eigenvalue weighted by Gasteiger charge is -2.14. The van der Waals surface area contributed by atoms with E-state index >= 15 is 0 Å². The highest BCUT2D eigenvalue weighted by Gasteiger charge is 2.19. The van der Waals surface area contributed by atoms with E-state index in [0.29, 0.717) is 26.7 Å². The molecule has 6 heteroatoms. The molecule has 0 aliphatic rings. The lowest BCUT2D eigenvalue weighted by molar-refractivity contribution is 0.401. The Hall–Kier alpha value is -2.39. The number of benzene rings is 2. The molecule has 114 valence electrons. The highest BCUT2D eigenvalue weighted by atomic mass is 35.5. The van der Waals surface area contributed by atoms with Crippen LogP contribution in [0, 0.1) is 0 Å². The average molecular weight is 345 g/mol. The van der Waals surface area contributed by atoms with Crippen molar-refractivity contribution >= 4 is 45.9 Å². The normalized spacial score (nSPS) is 10.4. The monoisotopic (exact) mass is 344 g/mol. The Bertz CT molecular complexity index is 951. The van der Waals surface area contributed by atoms with Crippen LogP contribution in [0.3, 0.4) is 0 Å². The maximum Gasteiger partial charge on any atom is 0.241 e. The maximum atomic E-state index is 10.9. The van der Waals surface area contributed by atoms with Crippen LogP contribution in [-0.4, -0.2) is 18.2 Å². The summed E-state index contributed by atoms with van der Waals surface area (Å²) in [6, 6.07) is 12.5. The molecule has 1 heterocycles. The summed E-state index contributed by atoms with van der Waals surface area (Å²) < 4.78 is 5.28. The Kier molecular flexibility index (Phi) is 4.30. The lowest BCUT2D eigenvalue weighted by Crippen LogP contribution is -1.94. The summed E-state index contributed by atoms with van der Waals surface area (Å²) >= 11 is 12.5. The van der Waals surface area contributed by atoms with Crippen LogP contribution in [0.1, 0.15) is 0 Å². The number of ether oxygens (including phenoxy) is 1. The number of aromatic nitrogens is 1. The van der Waals surface area contributed by atoms with Crippen molar-refractivity contribution in [2.75, 3.05) is 7.11 Å². The number of rotatable bonds is 3. The van der Waals surface area contributed by atoms with E-state index in [0.717, 1.165) is 5.39 Å². The molecule has 0 unspecified atom stereocenters. The topological polar surface area (TPSA) is 51.6 Å². The molecule has 0 saturated carbocycles. The van der Waals surface area contributed by atoms with Crippen LogP contribution in [0.15, 0.2) is 47.5 Å². The zero-order chi connectivity index (χ0) is 16.4. The molecule has 0 atom stereocenters. The van der Waals surface area contributed by atoms with Crippen molar-refractivity contribution in [1.29, 1.82) is 0 Å². The minimum absolute atomic E-state index is 0.220. The van der Waals surface area contributed by atoms with E-state index in [1.807, 2.05) is 18.2 Å². The van der Waals surface area contributed by atoms with Crippen LogP contribution in [0.25, 0.3) is 22.0 Å². The van der Waals surface area contributed by atoms with Gasteiger partial charge in [0.15, 0.2) is 0 Å². The third kappa shape index (κ3) is 2.80. The maximum absolute atomic E-state index is 10.9. The van der Waals surface area contributed by atoms with Gasteiger partial charge in [0.05, 0.1) is 12.6 Å². The summed E-state index contributed by atoms with van der Waals surface area (Å²) in [5.41, 5.74) is 2.26. The quantitative estimate of drug-likeness (QED) is 0.485. The van der Waals surface area contributed by atoms with E-state index in [-0.39, 0.29) is 11.6 Å². The van der Waals surface area contributed by atoms with Gasteiger partial charge >= 0.3 is 0 Å². The highest BCUT2D eigenvalue weighted by Crippen LogP contribution is 2.44. The predicted molar refractivity (Wildman–Crippen MR) is 91.5 cm³/mol. The molecule has 0 aliphatic heterocycles. The molecular formula is C17H10Cl2N2O2. The summed E-state index contributed by atoms with van der Waals surface area (Å²) in [4.78, 5) is 19.0. The van der Waals surface area contributed by atoms with Gasteiger partial charge in [-0.2, -0.15) is 4.99 Å². The molecule has 23 heavy (non-hydrogen) atoms. The van der Waals surface area contributed by atoms with Gasteiger partial charge in [-0.3, -0.25) is 0 Å². The number of isocyanates is 1. The molecule has 4 nitrogen and oxygen atoms in total. The standard InChI is InChI=1S/C17H10Cl2N2O2/c1-23-17-16(20-9-22)15(11-4-2-3-5-13(11)19)12-8-10(18)6-7-14(12)21-17/h2-8H,1H3. The van der Waals surface area contributed by atoms with Crippen molar-refractivity contribution in [3.05, 3.63) is 52.5 Å². The van der Waals surface area contributed by atoms with Gasteiger partial charge in [0.1, 0.15) is 5.69 Å². The minimum atomic E-state index is 0.220. The van der Waals surface area contributed by atoms with Crippen molar-refractivity contribution in [2.24, 2.45) is 4.99 Å². The molecule has 0 amide bonds. The largest absolute Gasteiger partial charge is 0.479 e. The number of hydrogen-bond donors (Lipinski definition) is 0. The van der Waals surface area contributed by atoms with Crippen LogP contribution in [0.4, 0.5) is 5.69 Å². The Morgan fingerprint density at radius 1 is 1.17 bits per heavy atom. The Morgan fingerprint density at radius 2 is 1.96 bits per heavy atom. The first-order chi connectivity index (χ1) is 11.2. The molecule has 3 aromatic rings. The Labute approximate surface area is 142 Å². The van der Waals surface area contributed by atoms with Crippen molar-refractivity contribution in [3.63, 3.8) is 0 Å². The third-order valence-corrected chi connectivity index (χ3v) is 3.95. The fraction of sp³-hybridized carbons (Fsp3) is 0.0588. The van der Waals surface area contributed by atoms with E-state index in [1.54, 1.807) is 30.3 Å². The zero-order valence-corrected chi connectivity index (χ0v) is 13.5. The van der Waals surface area contributed by atoms with Crippen LogP contribution < -0.4 is 4.74 Å². The second kappa shape index (κ2) is 6.39.